The van der Waals surface area contributed by atoms with Crippen molar-refractivity contribution in [1.82, 2.24) is 15.5 Å². The molecular formula is C21H28FIN4O. The molecule has 0 saturated heterocycles. The minimum absolute atomic E-state index is 0. The van der Waals surface area contributed by atoms with Gasteiger partial charge in [-0.1, -0.05) is 24.3 Å². The van der Waals surface area contributed by atoms with Gasteiger partial charge in [-0.2, -0.15) is 0 Å². The van der Waals surface area contributed by atoms with Gasteiger partial charge in [0.25, 0.3) is 5.91 Å². The van der Waals surface area contributed by atoms with Crippen LogP contribution in [-0.4, -0.2) is 44.0 Å². The predicted molar refractivity (Wildman–Crippen MR) is 123 cm³/mol. The first-order valence-corrected chi connectivity index (χ1v) is 9.08. The molecule has 7 heteroatoms. The molecule has 28 heavy (non-hydrogen) atoms. The number of benzene rings is 2. The Morgan fingerprint density at radius 2 is 1.86 bits per heavy atom. The lowest BCUT2D eigenvalue weighted by Gasteiger charge is -2.22. The highest BCUT2D eigenvalue weighted by Crippen LogP contribution is 2.08. The van der Waals surface area contributed by atoms with Gasteiger partial charge >= 0.3 is 0 Å². The van der Waals surface area contributed by atoms with Crippen molar-refractivity contribution in [1.29, 1.82) is 0 Å². The smallest absolute Gasteiger partial charge is 0.251 e. The van der Waals surface area contributed by atoms with Gasteiger partial charge in [0.2, 0.25) is 0 Å². The molecule has 0 saturated carbocycles. The Bertz CT molecular complexity index is 780. The van der Waals surface area contributed by atoms with Crippen molar-refractivity contribution in [2.24, 2.45) is 4.99 Å². The molecule has 0 aliphatic heterocycles. The van der Waals surface area contributed by atoms with Crippen LogP contribution in [0.3, 0.4) is 0 Å². The molecule has 0 radical (unpaired) electrons. The number of rotatable bonds is 7. The van der Waals surface area contributed by atoms with Gasteiger partial charge in [-0.25, -0.2) is 4.39 Å². The predicted octanol–water partition coefficient (Wildman–Crippen LogP) is 3.44. The Morgan fingerprint density at radius 3 is 2.50 bits per heavy atom. The molecule has 2 N–H and O–H groups in total. The van der Waals surface area contributed by atoms with E-state index in [1.165, 1.54) is 12.1 Å². The van der Waals surface area contributed by atoms with Crippen LogP contribution < -0.4 is 10.6 Å². The highest BCUT2D eigenvalue weighted by atomic mass is 127. The number of hydrogen-bond donors (Lipinski definition) is 2. The maximum absolute atomic E-state index is 13.1. The fraction of sp³-hybridized carbons (Fsp3) is 0.333. The lowest BCUT2D eigenvalue weighted by atomic mass is 10.1. The van der Waals surface area contributed by atoms with Gasteiger partial charge in [0, 0.05) is 39.3 Å². The van der Waals surface area contributed by atoms with Gasteiger partial charge in [0.05, 0.1) is 0 Å². The number of amides is 1. The summed E-state index contributed by atoms with van der Waals surface area (Å²) in [6.07, 6.45) is 0.740. The normalized spacial score (nSPS) is 10.8. The van der Waals surface area contributed by atoms with E-state index in [9.17, 15) is 9.18 Å². The highest BCUT2D eigenvalue weighted by Gasteiger charge is 2.07. The van der Waals surface area contributed by atoms with Crippen molar-refractivity contribution >= 4 is 35.8 Å². The monoisotopic (exact) mass is 498 g/mol. The van der Waals surface area contributed by atoms with Crippen molar-refractivity contribution in [3.63, 3.8) is 0 Å². The van der Waals surface area contributed by atoms with E-state index in [1.54, 1.807) is 25.2 Å². The molecular weight excluding hydrogens is 470 g/mol. The van der Waals surface area contributed by atoms with Crippen molar-refractivity contribution < 1.29 is 9.18 Å². The molecule has 0 atom stereocenters. The number of guanidine groups is 1. The molecule has 1 amide bonds. The summed E-state index contributed by atoms with van der Waals surface area (Å²) in [6.45, 7) is 4.03. The van der Waals surface area contributed by atoms with Crippen LogP contribution in [0.1, 0.15) is 28.4 Å². The summed E-state index contributed by atoms with van der Waals surface area (Å²) in [7, 11) is 3.58. The minimum atomic E-state index is -0.235. The number of hydrogen-bond acceptors (Lipinski definition) is 2. The van der Waals surface area contributed by atoms with E-state index >= 15 is 0 Å². The molecule has 0 unspecified atom stereocenters. The first-order valence-electron chi connectivity index (χ1n) is 9.08. The molecule has 2 aromatic rings. The molecule has 0 heterocycles. The summed E-state index contributed by atoms with van der Waals surface area (Å²) in [5.41, 5.74) is 2.74. The molecule has 152 valence electrons. The molecule has 0 aromatic heterocycles. The van der Waals surface area contributed by atoms with E-state index in [0.29, 0.717) is 18.7 Å². The number of carbonyl (C=O) groups excluding carboxylic acids is 1. The quantitative estimate of drug-likeness (QED) is 0.350. The average molecular weight is 498 g/mol. The van der Waals surface area contributed by atoms with E-state index in [0.717, 1.165) is 30.1 Å². The summed E-state index contributed by atoms with van der Waals surface area (Å²) in [5, 5.41) is 5.91. The zero-order chi connectivity index (χ0) is 19.6. The van der Waals surface area contributed by atoms with Crippen LogP contribution in [0.25, 0.3) is 0 Å². The lowest BCUT2D eigenvalue weighted by Crippen LogP contribution is -2.38. The van der Waals surface area contributed by atoms with E-state index in [2.05, 4.69) is 15.6 Å². The van der Waals surface area contributed by atoms with Crippen molar-refractivity contribution in [2.75, 3.05) is 27.2 Å². The zero-order valence-corrected chi connectivity index (χ0v) is 18.9. The molecule has 0 aliphatic carbocycles. The second-order valence-electron chi connectivity index (χ2n) is 6.25. The second kappa shape index (κ2) is 12.3. The van der Waals surface area contributed by atoms with Crippen LogP contribution in [-0.2, 0) is 13.0 Å². The lowest BCUT2D eigenvalue weighted by molar-refractivity contribution is 0.0963. The van der Waals surface area contributed by atoms with E-state index in [1.807, 2.05) is 37.1 Å². The van der Waals surface area contributed by atoms with Gasteiger partial charge in [-0.3, -0.25) is 9.79 Å². The number of carbonyl (C=O) groups is 1. The minimum Gasteiger partial charge on any atom is -0.357 e. The zero-order valence-electron chi connectivity index (χ0n) is 16.5. The Kier molecular flexibility index (Phi) is 10.5. The Labute approximate surface area is 183 Å². The first kappa shape index (κ1) is 23.9. The fourth-order valence-corrected chi connectivity index (χ4v) is 2.71. The third-order valence-electron chi connectivity index (χ3n) is 4.11. The summed E-state index contributed by atoms with van der Waals surface area (Å²) < 4.78 is 13.1. The summed E-state index contributed by atoms with van der Waals surface area (Å²) in [4.78, 5) is 18.4. The third-order valence-corrected chi connectivity index (χ3v) is 4.11. The Morgan fingerprint density at radius 1 is 1.14 bits per heavy atom. The van der Waals surface area contributed by atoms with Gasteiger partial charge in [-0.15, -0.1) is 24.0 Å². The maximum Gasteiger partial charge on any atom is 0.251 e. The summed E-state index contributed by atoms with van der Waals surface area (Å²) in [6, 6.07) is 14.1. The van der Waals surface area contributed by atoms with Crippen LogP contribution in [0.4, 0.5) is 4.39 Å². The average Bonchev–Trinajstić information content (AvgIpc) is 2.68. The van der Waals surface area contributed by atoms with Gasteiger partial charge in [0.15, 0.2) is 5.96 Å². The van der Waals surface area contributed by atoms with Crippen molar-refractivity contribution in [3.05, 3.63) is 71.0 Å². The number of aliphatic imine (C=N–C) groups is 1. The molecule has 0 spiro atoms. The van der Waals surface area contributed by atoms with E-state index in [-0.39, 0.29) is 35.7 Å². The van der Waals surface area contributed by atoms with Crippen LogP contribution in [0.2, 0.25) is 0 Å². The molecule has 5 nitrogen and oxygen atoms in total. The second-order valence-corrected chi connectivity index (χ2v) is 6.25. The SMILES string of the molecule is CCNC(=NCCc1cccc(C(=O)NC)c1)N(C)Cc1ccc(F)cc1.I. The van der Waals surface area contributed by atoms with E-state index < -0.39 is 0 Å². The molecule has 2 aromatic carbocycles. The largest absolute Gasteiger partial charge is 0.357 e. The van der Waals surface area contributed by atoms with Gasteiger partial charge in [0.1, 0.15) is 5.82 Å². The molecule has 2 rings (SSSR count). The standard InChI is InChI=1S/C21H27FN4O.HI/c1-4-24-21(26(3)15-17-8-10-19(22)11-9-17)25-13-12-16-6-5-7-18(14-16)20(27)23-2;/h5-11,14H,4,12-13,15H2,1-3H3,(H,23,27)(H,24,25);1H. The number of nitrogens with zero attached hydrogens (tertiary/aromatic N) is 2. The van der Waals surface area contributed by atoms with Crippen LogP contribution in [0.15, 0.2) is 53.5 Å². The Balaban J connectivity index is 0.00000392. The molecule has 0 aliphatic rings. The maximum atomic E-state index is 13.1. The molecule has 0 bridgehead atoms. The molecule has 0 fully saturated rings. The first-order chi connectivity index (χ1) is 13.0. The Hall–Kier alpha value is -2.16. The number of nitrogens with one attached hydrogen (secondary N) is 2. The highest BCUT2D eigenvalue weighted by molar-refractivity contribution is 14.0. The fourth-order valence-electron chi connectivity index (χ4n) is 2.71. The summed E-state index contributed by atoms with van der Waals surface area (Å²) in [5.74, 6) is 0.470. The van der Waals surface area contributed by atoms with Crippen molar-refractivity contribution in [3.8, 4) is 0 Å². The van der Waals surface area contributed by atoms with Crippen LogP contribution in [0, 0.1) is 5.82 Å². The topological polar surface area (TPSA) is 56.7 Å². The van der Waals surface area contributed by atoms with Gasteiger partial charge in [-0.05, 0) is 48.7 Å². The van der Waals surface area contributed by atoms with Crippen LogP contribution in [0.5, 0.6) is 0 Å². The third kappa shape index (κ3) is 7.46. The van der Waals surface area contributed by atoms with Crippen molar-refractivity contribution in [2.45, 2.75) is 19.9 Å². The summed E-state index contributed by atoms with van der Waals surface area (Å²) >= 11 is 0. The van der Waals surface area contributed by atoms with Gasteiger partial charge < -0.3 is 15.5 Å². The van der Waals surface area contributed by atoms with E-state index in [4.69, 9.17) is 0 Å². The van der Waals surface area contributed by atoms with Crippen LogP contribution >= 0.6 is 24.0 Å². The number of halogens is 2.